The molecule has 1 aliphatic heterocycles. The Bertz CT molecular complexity index is 864. The number of hydrogen-bond donors (Lipinski definition) is 1. The predicted octanol–water partition coefficient (Wildman–Crippen LogP) is 4.35. The first-order chi connectivity index (χ1) is 12.1. The normalized spacial score (nSPS) is 14.3. The number of carbonyl (C=O) groups is 1. The van der Waals surface area contributed by atoms with Gasteiger partial charge in [0.25, 0.3) is 5.91 Å². The van der Waals surface area contributed by atoms with E-state index in [1.54, 1.807) is 0 Å². The van der Waals surface area contributed by atoms with Crippen LogP contribution in [-0.4, -0.2) is 22.3 Å². The van der Waals surface area contributed by atoms with Gasteiger partial charge in [0.2, 0.25) is 0 Å². The summed E-state index contributed by atoms with van der Waals surface area (Å²) in [5.74, 6) is 1.34. The number of carbonyl (C=O) groups excluding carboxylic acids is 1. The van der Waals surface area contributed by atoms with Gasteiger partial charge in [0.15, 0.2) is 0 Å². The van der Waals surface area contributed by atoms with Gasteiger partial charge in [-0.3, -0.25) is 4.79 Å². The molecule has 5 nitrogen and oxygen atoms in total. The molecule has 1 aromatic heterocycles. The number of ether oxygens (including phenoxy) is 1. The molecule has 0 unspecified atom stereocenters. The van der Waals surface area contributed by atoms with Gasteiger partial charge in [0.1, 0.15) is 18.2 Å². The van der Waals surface area contributed by atoms with Crippen molar-refractivity contribution < 1.29 is 9.53 Å². The van der Waals surface area contributed by atoms with E-state index in [2.05, 4.69) is 46.9 Å². The van der Waals surface area contributed by atoms with Gasteiger partial charge >= 0.3 is 0 Å². The van der Waals surface area contributed by atoms with Gasteiger partial charge in [0.05, 0.1) is 16.8 Å². The average molecular weight is 353 g/mol. The summed E-state index contributed by atoms with van der Waals surface area (Å²) >= 11 is 0. The van der Waals surface area contributed by atoms with Crippen molar-refractivity contribution in [1.82, 2.24) is 9.78 Å². The fourth-order valence-corrected chi connectivity index (χ4v) is 2.79. The van der Waals surface area contributed by atoms with Crippen LogP contribution in [0.2, 0.25) is 0 Å². The van der Waals surface area contributed by atoms with E-state index < -0.39 is 0 Å². The van der Waals surface area contributed by atoms with Crippen molar-refractivity contribution in [3.63, 3.8) is 0 Å². The number of amides is 1. The fourth-order valence-electron chi connectivity index (χ4n) is 2.79. The number of para-hydroxylation sites is 1. The lowest BCUT2D eigenvalue weighted by Crippen LogP contribution is -2.28. The highest BCUT2D eigenvalue weighted by molar-refractivity contribution is 6.07. The lowest BCUT2D eigenvalue weighted by atomic mass is 9.92. The molecule has 5 heteroatoms. The quantitative estimate of drug-likeness (QED) is 0.873. The van der Waals surface area contributed by atoms with Crippen LogP contribution >= 0.6 is 0 Å². The summed E-state index contributed by atoms with van der Waals surface area (Å²) in [6, 6.07) is 9.67. The molecule has 0 aliphatic carbocycles. The van der Waals surface area contributed by atoms with Crippen LogP contribution < -0.4 is 10.1 Å². The third kappa shape index (κ3) is 3.66. The molecular formula is C21H27N3O2. The summed E-state index contributed by atoms with van der Waals surface area (Å²) < 4.78 is 7.58. The number of rotatable bonds is 2. The second-order valence-electron chi connectivity index (χ2n) is 8.70. The summed E-state index contributed by atoms with van der Waals surface area (Å²) in [5, 5.41) is 7.76. The molecular weight excluding hydrogens is 326 g/mol. The maximum Gasteiger partial charge on any atom is 0.256 e. The first-order valence-electron chi connectivity index (χ1n) is 8.90. The summed E-state index contributed by atoms with van der Waals surface area (Å²) in [6.45, 7) is 12.8. The molecule has 2 aromatic rings. The molecule has 1 aromatic carbocycles. The van der Waals surface area contributed by atoms with Crippen LogP contribution in [-0.2, 0) is 15.7 Å². The zero-order valence-corrected chi connectivity index (χ0v) is 16.4. The zero-order valence-electron chi connectivity index (χ0n) is 16.4. The zero-order chi connectivity index (χ0) is 19.1. The second kappa shape index (κ2) is 6.31. The predicted molar refractivity (Wildman–Crippen MR) is 104 cm³/mol. The number of nitrogens with one attached hydrogen (secondary N) is 1. The smallest absolute Gasteiger partial charge is 0.256 e. The van der Waals surface area contributed by atoms with Gasteiger partial charge in [-0.1, -0.05) is 39.0 Å². The Labute approximate surface area is 155 Å². The summed E-state index contributed by atoms with van der Waals surface area (Å²) in [5.41, 5.74) is 2.13. The van der Waals surface area contributed by atoms with E-state index in [1.807, 2.05) is 41.1 Å². The third-order valence-corrected chi connectivity index (χ3v) is 4.28. The van der Waals surface area contributed by atoms with E-state index in [9.17, 15) is 4.79 Å². The third-order valence-electron chi connectivity index (χ3n) is 4.28. The van der Waals surface area contributed by atoms with Crippen LogP contribution in [0, 0.1) is 0 Å². The van der Waals surface area contributed by atoms with E-state index in [0.29, 0.717) is 11.4 Å². The average Bonchev–Trinajstić information content (AvgIpc) is 2.98. The van der Waals surface area contributed by atoms with Gasteiger partial charge in [-0.05, 0) is 32.9 Å². The molecule has 0 bridgehead atoms. The van der Waals surface area contributed by atoms with Crippen LogP contribution in [0.25, 0.3) is 6.08 Å². The topological polar surface area (TPSA) is 56.1 Å². The van der Waals surface area contributed by atoms with Crippen molar-refractivity contribution in [2.45, 2.75) is 52.5 Å². The van der Waals surface area contributed by atoms with Crippen molar-refractivity contribution in [3.05, 3.63) is 47.2 Å². The van der Waals surface area contributed by atoms with Crippen molar-refractivity contribution in [3.8, 4) is 5.75 Å². The molecule has 1 amide bonds. The van der Waals surface area contributed by atoms with Gasteiger partial charge in [-0.15, -0.1) is 0 Å². The van der Waals surface area contributed by atoms with Crippen LogP contribution in [0.15, 0.2) is 35.9 Å². The van der Waals surface area contributed by atoms with E-state index in [0.717, 1.165) is 17.0 Å². The van der Waals surface area contributed by atoms with Gasteiger partial charge in [-0.25, -0.2) is 4.68 Å². The Morgan fingerprint density at radius 2 is 1.85 bits per heavy atom. The van der Waals surface area contributed by atoms with Crippen molar-refractivity contribution in [2.24, 2.45) is 0 Å². The van der Waals surface area contributed by atoms with Crippen LogP contribution in [0.1, 0.15) is 52.8 Å². The van der Waals surface area contributed by atoms with E-state index in [4.69, 9.17) is 9.84 Å². The SMILES string of the molecule is CC(C)(C)c1cc(NC(=O)C2=Cc3ccccc3OC2)n(C(C)(C)C)n1. The standard InChI is InChI=1S/C21H27N3O2/c1-20(2,3)17-12-18(24(23-17)21(4,5)6)22-19(25)15-11-14-9-7-8-10-16(14)26-13-15/h7-12H,13H2,1-6H3,(H,22,25). The lowest BCUT2D eigenvalue weighted by Gasteiger charge is -2.23. The minimum atomic E-state index is -0.240. The Morgan fingerprint density at radius 3 is 2.50 bits per heavy atom. The molecule has 0 saturated carbocycles. The Morgan fingerprint density at radius 1 is 1.15 bits per heavy atom. The van der Waals surface area contributed by atoms with E-state index in [1.165, 1.54) is 0 Å². The first kappa shape index (κ1) is 18.2. The molecule has 1 N–H and O–H groups in total. The summed E-state index contributed by atoms with van der Waals surface area (Å²) in [4.78, 5) is 12.8. The van der Waals surface area contributed by atoms with Crippen molar-refractivity contribution >= 4 is 17.8 Å². The van der Waals surface area contributed by atoms with Crippen LogP contribution in [0.4, 0.5) is 5.82 Å². The number of hydrogen-bond acceptors (Lipinski definition) is 3. The monoisotopic (exact) mass is 353 g/mol. The minimum Gasteiger partial charge on any atom is -0.488 e. The largest absolute Gasteiger partial charge is 0.488 e. The molecule has 3 rings (SSSR count). The fraction of sp³-hybridized carbons (Fsp3) is 0.429. The van der Waals surface area contributed by atoms with Crippen molar-refractivity contribution in [2.75, 3.05) is 11.9 Å². The molecule has 0 radical (unpaired) electrons. The lowest BCUT2D eigenvalue weighted by molar-refractivity contribution is -0.113. The minimum absolute atomic E-state index is 0.0951. The number of anilines is 1. The van der Waals surface area contributed by atoms with E-state index in [-0.39, 0.29) is 23.5 Å². The highest BCUT2D eigenvalue weighted by Gasteiger charge is 2.27. The molecule has 138 valence electrons. The maximum atomic E-state index is 12.8. The molecule has 0 fully saturated rings. The van der Waals surface area contributed by atoms with Crippen LogP contribution in [0.3, 0.4) is 0 Å². The van der Waals surface area contributed by atoms with Crippen molar-refractivity contribution in [1.29, 1.82) is 0 Å². The Kier molecular flexibility index (Phi) is 4.42. The van der Waals surface area contributed by atoms with E-state index >= 15 is 0 Å². The number of benzene rings is 1. The van der Waals surface area contributed by atoms with Gasteiger partial charge < -0.3 is 10.1 Å². The summed E-state index contributed by atoms with van der Waals surface area (Å²) in [6.07, 6.45) is 1.89. The number of nitrogens with zero attached hydrogens (tertiary/aromatic N) is 2. The second-order valence-corrected chi connectivity index (χ2v) is 8.70. The highest BCUT2D eigenvalue weighted by Crippen LogP contribution is 2.30. The Balaban J connectivity index is 1.90. The molecule has 26 heavy (non-hydrogen) atoms. The molecule has 0 saturated heterocycles. The number of aromatic nitrogens is 2. The maximum absolute atomic E-state index is 12.8. The molecule has 0 spiro atoms. The molecule has 0 atom stereocenters. The number of fused-ring (bicyclic) bond motifs is 1. The van der Waals surface area contributed by atoms with Crippen LogP contribution in [0.5, 0.6) is 5.75 Å². The Hall–Kier alpha value is -2.56. The highest BCUT2D eigenvalue weighted by atomic mass is 16.5. The molecule has 1 aliphatic rings. The van der Waals surface area contributed by atoms with Gasteiger partial charge in [0, 0.05) is 17.0 Å². The van der Waals surface area contributed by atoms with Gasteiger partial charge in [-0.2, -0.15) is 5.10 Å². The first-order valence-corrected chi connectivity index (χ1v) is 8.90. The molecule has 2 heterocycles. The summed E-state index contributed by atoms with van der Waals surface area (Å²) in [7, 11) is 0.